The fourth-order valence-electron chi connectivity index (χ4n) is 3.40. The number of hydrogen-bond acceptors (Lipinski definition) is 10. The molecule has 0 saturated carbocycles. The summed E-state index contributed by atoms with van der Waals surface area (Å²) in [7, 11) is 0. The summed E-state index contributed by atoms with van der Waals surface area (Å²) in [5, 5.41) is 0. The van der Waals surface area contributed by atoms with Crippen LogP contribution >= 0.6 is 0 Å². The first-order chi connectivity index (χ1) is 19.8. The predicted octanol–water partition coefficient (Wildman–Crippen LogP) is 4.27. The van der Waals surface area contributed by atoms with Crippen molar-refractivity contribution >= 4 is 12.3 Å². The summed E-state index contributed by atoms with van der Waals surface area (Å²) in [6, 6.07) is 6.93. The lowest BCUT2D eigenvalue weighted by atomic mass is 10.1. The van der Waals surface area contributed by atoms with Gasteiger partial charge in [-0.15, -0.1) is 0 Å². The second kappa shape index (κ2) is 28.4. The monoisotopic (exact) mass is 570 g/mol. The van der Waals surface area contributed by atoms with E-state index >= 15 is 0 Å². The first kappa shape index (κ1) is 35.9. The highest BCUT2D eigenvalue weighted by atomic mass is 16.6. The second-order valence-corrected chi connectivity index (χ2v) is 8.95. The SMILES string of the molecule is CCCCCCCCC(=O)OCCOCCOCCOCCOCCOCCOCCOc1ccc(C=O)cc1. The highest BCUT2D eigenvalue weighted by Gasteiger charge is 2.02. The maximum Gasteiger partial charge on any atom is 0.305 e. The van der Waals surface area contributed by atoms with E-state index < -0.39 is 0 Å². The molecule has 0 bridgehead atoms. The number of rotatable bonds is 30. The quantitative estimate of drug-likeness (QED) is 0.0756. The minimum Gasteiger partial charge on any atom is -0.491 e. The van der Waals surface area contributed by atoms with Crippen molar-refractivity contribution in [2.24, 2.45) is 0 Å². The zero-order chi connectivity index (χ0) is 28.8. The summed E-state index contributed by atoms with van der Waals surface area (Å²) in [4.78, 5) is 22.3. The molecule has 0 aliphatic carbocycles. The Hall–Kier alpha value is -2.08. The molecule has 0 aliphatic heterocycles. The number of aldehydes is 1. The van der Waals surface area contributed by atoms with Gasteiger partial charge in [-0.2, -0.15) is 0 Å². The summed E-state index contributed by atoms with van der Waals surface area (Å²) in [6.45, 7) is 8.57. The van der Waals surface area contributed by atoms with Crippen molar-refractivity contribution < 1.29 is 47.5 Å². The van der Waals surface area contributed by atoms with Crippen LogP contribution in [0.1, 0.15) is 62.2 Å². The normalized spacial score (nSPS) is 11.0. The molecule has 0 fully saturated rings. The molecule has 1 aromatic rings. The van der Waals surface area contributed by atoms with Gasteiger partial charge in [0.15, 0.2) is 0 Å². The summed E-state index contributed by atoms with van der Waals surface area (Å²) in [5.74, 6) is 0.559. The molecule has 0 saturated heterocycles. The van der Waals surface area contributed by atoms with Gasteiger partial charge in [0.25, 0.3) is 0 Å². The van der Waals surface area contributed by atoms with Crippen LogP contribution in [-0.4, -0.2) is 105 Å². The molecule has 10 nitrogen and oxygen atoms in total. The Bertz CT molecular complexity index is 698. The minimum absolute atomic E-state index is 0.145. The van der Waals surface area contributed by atoms with E-state index in [0.717, 1.165) is 19.1 Å². The number of esters is 1. The Balaban J connectivity index is 1.69. The Morgan fingerprint density at radius 2 is 1.00 bits per heavy atom. The topological polar surface area (TPSA) is 108 Å². The van der Waals surface area contributed by atoms with Crippen LogP contribution in [0.3, 0.4) is 0 Å². The van der Waals surface area contributed by atoms with Crippen molar-refractivity contribution in [3.8, 4) is 5.75 Å². The number of hydrogen-bond donors (Lipinski definition) is 0. The third-order valence-electron chi connectivity index (χ3n) is 5.60. The summed E-state index contributed by atoms with van der Waals surface area (Å²) < 4.78 is 43.4. The highest BCUT2D eigenvalue weighted by molar-refractivity contribution is 5.74. The third kappa shape index (κ3) is 23.8. The molecule has 0 atom stereocenters. The summed E-state index contributed by atoms with van der Waals surface area (Å²) >= 11 is 0. The lowest BCUT2D eigenvalue weighted by Gasteiger charge is -2.09. The van der Waals surface area contributed by atoms with Crippen molar-refractivity contribution in [1.29, 1.82) is 0 Å². The molecule has 0 aliphatic rings. The summed E-state index contributed by atoms with van der Waals surface area (Å²) in [5.41, 5.74) is 0.618. The van der Waals surface area contributed by atoms with Gasteiger partial charge in [-0.05, 0) is 30.7 Å². The average molecular weight is 571 g/mol. The molecule has 1 rings (SSSR count). The van der Waals surface area contributed by atoms with Crippen LogP contribution in [-0.2, 0) is 38.0 Å². The molecule has 0 radical (unpaired) electrons. The van der Waals surface area contributed by atoms with Crippen LogP contribution in [0.2, 0.25) is 0 Å². The Kier molecular flexibility index (Phi) is 25.6. The fourth-order valence-corrected chi connectivity index (χ4v) is 3.40. The molecule has 0 unspecified atom stereocenters. The first-order valence-corrected chi connectivity index (χ1v) is 14.6. The fraction of sp³-hybridized carbons (Fsp3) is 0.733. The van der Waals surface area contributed by atoms with E-state index in [1.807, 2.05) is 0 Å². The van der Waals surface area contributed by atoms with Crippen LogP contribution in [0.25, 0.3) is 0 Å². The minimum atomic E-state index is -0.145. The van der Waals surface area contributed by atoms with Gasteiger partial charge in [-0.1, -0.05) is 39.0 Å². The van der Waals surface area contributed by atoms with E-state index in [2.05, 4.69) is 6.92 Å². The number of ether oxygens (including phenoxy) is 8. The maximum atomic E-state index is 11.6. The van der Waals surface area contributed by atoms with E-state index in [9.17, 15) is 9.59 Å². The lowest BCUT2D eigenvalue weighted by molar-refractivity contribution is -0.145. The summed E-state index contributed by atoms with van der Waals surface area (Å²) in [6.07, 6.45) is 8.22. The molecule has 10 heteroatoms. The second-order valence-electron chi connectivity index (χ2n) is 8.95. The van der Waals surface area contributed by atoms with E-state index in [0.29, 0.717) is 104 Å². The van der Waals surface area contributed by atoms with E-state index in [1.54, 1.807) is 24.3 Å². The van der Waals surface area contributed by atoms with Gasteiger partial charge in [-0.25, -0.2) is 0 Å². The number of carbonyl (C=O) groups is 2. The van der Waals surface area contributed by atoms with E-state index in [4.69, 9.17) is 37.9 Å². The zero-order valence-electron chi connectivity index (χ0n) is 24.3. The van der Waals surface area contributed by atoms with Crippen LogP contribution < -0.4 is 4.74 Å². The van der Waals surface area contributed by atoms with Crippen LogP contribution in [0.15, 0.2) is 24.3 Å². The van der Waals surface area contributed by atoms with Crippen molar-refractivity contribution in [3.05, 3.63) is 29.8 Å². The molecule has 0 heterocycles. The largest absolute Gasteiger partial charge is 0.491 e. The van der Waals surface area contributed by atoms with Gasteiger partial charge < -0.3 is 37.9 Å². The maximum absolute atomic E-state index is 11.6. The molecular weight excluding hydrogens is 520 g/mol. The van der Waals surface area contributed by atoms with Crippen LogP contribution in [0.4, 0.5) is 0 Å². The van der Waals surface area contributed by atoms with Crippen molar-refractivity contribution in [2.75, 3.05) is 92.5 Å². The van der Waals surface area contributed by atoms with Crippen molar-refractivity contribution in [3.63, 3.8) is 0 Å². The van der Waals surface area contributed by atoms with E-state index in [1.165, 1.54) is 25.7 Å². The molecule has 230 valence electrons. The molecule has 0 amide bonds. The molecule has 0 spiro atoms. The molecule has 0 N–H and O–H groups in total. The molecule has 0 aromatic heterocycles. The van der Waals surface area contributed by atoms with Gasteiger partial charge >= 0.3 is 5.97 Å². The standard InChI is InChI=1S/C30H50O10/c1-2-3-4-5-6-7-8-30(32)40-26-24-38-22-20-36-18-16-34-14-13-33-15-17-35-19-21-37-23-25-39-29-11-9-28(27-31)10-12-29/h9-12,27H,2-8,13-26H2,1H3. The third-order valence-corrected chi connectivity index (χ3v) is 5.60. The first-order valence-electron chi connectivity index (χ1n) is 14.6. The Morgan fingerprint density at radius 1 is 0.575 bits per heavy atom. The zero-order valence-corrected chi connectivity index (χ0v) is 24.3. The van der Waals surface area contributed by atoms with Gasteiger partial charge in [0, 0.05) is 12.0 Å². The predicted molar refractivity (Wildman–Crippen MR) is 151 cm³/mol. The Morgan fingerprint density at radius 3 is 1.48 bits per heavy atom. The van der Waals surface area contributed by atoms with Crippen molar-refractivity contribution in [1.82, 2.24) is 0 Å². The van der Waals surface area contributed by atoms with Gasteiger partial charge in [0.2, 0.25) is 0 Å². The Labute approximate surface area is 239 Å². The molecule has 1 aromatic carbocycles. The number of carbonyl (C=O) groups excluding carboxylic acids is 2. The van der Waals surface area contributed by atoms with Crippen LogP contribution in [0, 0.1) is 0 Å². The smallest absolute Gasteiger partial charge is 0.305 e. The highest BCUT2D eigenvalue weighted by Crippen LogP contribution is 2.10. The van der Waals surface area contributed by atoms with E-state index in [-0.39, 0.29) is 12.6 Å². The van der Waals surface area contributed by atoms with Gasteiger partial charge in [0.05, 0.1) is 79.3 Å². The molecule has 40 heavy (non-hydrogen) atoms. The van der Waals surface area contributed by atoms with Crippen LogP contribution in [0.5, 0.6) is 5.75 Å². The van der Waals surface area contributed by atoms with Crippen molar-refractivity contribution in [2.45, 2.75) is 51.9 Å². The lowest BCUT2D eigenvalue weighted by Crippen LogP contribution is -2.15. The van der Waals surface area contributed by atoms with Gasteiger partial charge in [0.1, 0.15) is 25.2 Å². The average Bonchev–Trinajstić information content (AvgIpc) is 2.97. The number of unbranched alkanes of at least 4 members (excludes halogenated alkanes) is 5. The van der Waals surface area contributed by atoms with Gasteiger partial charge in [-0.3, -0.25) is 9.59 Å². The number of benzene rings is 1. The molecular formula is C30H50O10.